The molecule has 0 saturated heterocycles. The molecular formula is C23H20ClF2NO4S. The average Bonchev–Trinajstić information content (AvgIpc) is 2.97. The fourth-order valence-corrected chi connectivity index (χ4v) is 5.07. The molecule has 1 heterocycles. The van der Waals surface area contributed by atoms with Crippen LogP contribution < -0.4 is 4.74 Å². The van der Waals surface area contributed by atoms with Crippen LogP contribution in [0.3, 0.4) is 0 Å². The molecule has 3 aromatic rings. The highest BCUT2D eigenvalue weighted by Crippen LogP contribution is 2.29. The Kier molecular flexibility index (Phi) is 6.76. The van der Waals surface area contributed by atoms with Crippen LogP contribution in [0, 0.1) is 11.6 Å². The van der Waals surface area contributed by atoms with Gasteiger partial charge in [-0.1, -0.05) is 35.9 Å². The molecule has 4 rings (SSSR count). The summed E-state index contributed by atoms with van der Waals surface area (Å²) in [4.78, 5) is -0.568. The van der Waals surface area contributed by atoms with Crippen molar-refractivity contribution in [2.75, 3.05) is 13.2 Å². The maximum absolute atomic E-state index is 14.2. The lowest BCUT2D eigenvalue weighted by molar-refractivity contribution is 0.107. The van der Waals surface area contributed by atoms with E-state index in [1.54, 1.807) is 18.2 Å². The first-order valence-corrected chi connectivity index (χ1v) is 11.7. The van der Waals surface area contributed by atoms with Crippen molar-refractivity contribution in [3.8, 4) is 5.75 Å². The SMILES string of the molecule is O=S(=O)(c1ccc(F)cc1F)N1CCOc2ccc(COCc3ccccc3Cl)cc2C1. The number of halogens is 3. The van der Waals surface area contributed by atoms with Gasteiger partial charge in [-0.25, -0.2) is 17.2 Å². The highest BCUT2D eigenvalue weighted by atomic mass is 35.5. The molecule has 0 spiro atoms. The zero-order valence-electron chi connectivity index (χ0n) is 16.9. The molecule has 0 aromatic heterocycles. The van der Waals surface area contributed by atoms with E-state index in [9.17, 15) is 17.2 Å². The van der Waals surface area contributed by atoms with Crippen molar-refractivity contribution < 1.29 is 26.7 Å². The molecular weight excluding hydrogens is 460 g/mol. The largest absolute Gasteiger partial charge is 0.492 e. The third kappa shape index (κ3) is 4.94. The van der Waals surface area contributed by atoms with Gasteiger partial charge in [0, 0.05) is 29.7 Å². The van der Waals surface area contributed by atoms with Crippen LogP contribution in [0.25, 0.3) is 0 Å². The lowest BCUT2D eigenvalue weighted by Crippen LogP contribution is -2.33. The van der Waals surface area contributed by atoms with Gasteiger partial charge in [0.2, 0.25) is 10.0 Å². The topological polar surface area (TPSA) is 55.8 Å². The highest BCUT2D eigenvalue weighted by Gasteiger charge is 2.30. The molecule has 9 heteroatoms. The van der Waals surface area contributed by atoms with Gasteiger partial charge in [-0.05, 0) is 41.5 Å². The summed E-state index contributed by atoms with van der Waals surface area (Å²) < 4.78 is 66.0. The summed E-state index contributed by atoms with van der Waals surface area (Å²) >= 11 is 6.14. The molecule has 1 aliphatic rings. The number of sulfonamides is 1. The van der Waals surface area contributed by atoms with E-state index in [0.717, 1.165) is 27.6 Å². The van der Waals surface area contributed by atoms with Crippen LogP contribution in [0.15, 0.2) is 65.6 Å². The second-order valence-electron chi connectivity index (χ2n) is 7.29. The van der Waals surface area contributed by atoms with E-state index >= 15 is 0 Å². The van der Waals surface area contributed by atoms with Gasteiger partial charge in [-0.3, -0.25) is 0 Å². The normalized spacial score (nSPS) is 14.5. The monoisotopic (exact) mass is 479 g/mol. The van der Waals surface area contributed by atoms with E-state index in [0.29, 0.717) is 29.0 Å². The van der Waals surface area contributed by atoms with E-state index in [1.807, 2.05) is 24.3 Å². The van der Waals surface area contributed by atoms with Gasteiger partial charge in [0.1, 0.15) is 28.9 Å². The number of hydrogen-bond donors (Lipinski definition) is 0. The van der Waals surface area contributed by atoms with Crippen molar-refractivity contribution in [3.63, 3.8) is 0 Å². The smallest absolute Gasteiger partial charge is 0.246 e. The van der Waals surface area contributed by atoms with E-state index in [2.05, 4.69) is 0 Å². The van der Waals surface area contributed by atoms with Gasteiger partial charge in [0.25, 0.3) is 0 Å². The Morgan fingerprint density at radius 2 is 1.84 bits per heavy atom. The summed E-state index contributed by atoms with van der Waals surface area (Å²) in [6.45, 7) is 0.756. The van der Waals surface area contributed by atoms with E-state index in [-0.39, 0.29) is 26.3 Å². The van der Waals surface area contributed by atoms with Crippen LogP contribution >= 0.6 is 11.6 Å². The number of hydrogen-bond acceptors (Lipinski definition) is 4. The first kappa shape index (κ1) is 22.7. The molecule has 0 saturated carbocycles. The summed E-state index contributed by atoms with van der Waals surface area (Å²) in [6, 6.07) is 15.2. The highest BCUT2D eigenvalue weighted by molar-refractivity contribution is 7.89. The van der Waals surface area contributed by atoms with Gasteiger partial charge < -0.3 is 9.47 Å². The number of ether oxygens (including phenoxy) is 2. The maximum Gasteiger partial charge on any atom is 0.246 e. The molecule has 0 unspecified atom stereocenters. The van der Waals surface area contributed by atoms with Crippen LogP contribution in [0.4, 0.5) is 8.78 Å². The van der Waals surface area contributed by atoms with Gasteiger partial charge in [0.15, 0.2) is 0 Å². The van der Waals surface area contributed by atoms with Crippen molar-refractivity contribution in [1.29, 1.82) is 0 Å². The molecule has 0 bridgehead atoms. The maximum atomic E-state index is 14.2. The average molecular weight is 480 g/mol. The van der Waals surface area contributed by atoms with Crippen LogP contribution in [-0.4, -0.2) is 25.9 Å². The molecule has 0 atom stereocenters. The van der Waals surface area contributed by atoms with Crippen LogP contribution in [0.1, 0.15) is 16.7 Å². The molecule has 0 amide bonds. The predicted octanol–water partition coefficient (Wildman–Crippen LogP) is 4.92. The lowest BCUT2D eigenvalue weighted by Gasteiger charge is -2.20. The van der Waals surface area contributed by atoms with E-state index in [4.69, 9.17) is 21.1 Å². The minimum atomic E-state index is -4.18. The molecule has 1 aliphatic heterocycles. The van der Waals surface area contributed by atoms with Gasteiger partial charge in [-0.2, -0.15) is 4.31 Å². The fourth-order valence-electron chi connectivity index (χ4n) is 3.44. The summed E-state index contributed by atoms with van der Waals surface area (Å²) in [7, 11) is -4.18. The summed E-state index contributed by atoms with van der Waals surface area (Å²) in [6.07, 6.45) is 0. The van der Waals surface area contributed by atoms with Crippen LogP contribution in [0.2, 0.25) is 5.02 Å². The second kappa shape index (κ2) is 9.54. The summed E-state index contributed by atoms with van der Waals surface area (Å²) in [5, 5.41) is 0.622. The van der Waals surface area contributed by atoms with E-state index in [1.165, 1.54) is 0 Å². The first-order valence-electron chi connectivity index (χ1n) is 9.85. The molecule has 32 heavy (non-hydrogen) atoms. The fraction of sp³-hybridized carbons (Fsp3) is 0.217. The van der Waals surface area contributed by atoms with Crippen molar-refractivity contribution in [2.45, 2.75) is 24.7 Å². The Morgan fingerprint density at radius 3 is 2.62 bits per heavy atom. The Hall–Kier alpha value is -2.52. The third-order valence-corrected chi connectivity index (χ3v) is 7.31. The van der Waals surface area contributed by atoms with Gasteiger partial charge in [-0.15, -0.1) is 0 Å². The standard InChI is InChI=1S/C23H20ClF2NO4S/c24-20-4-2-1-3-17(20)15-30-14-16-5-7-22-18(11-16)13-27(9-10-31-22)32(28,29)23-8-6-19(25)12-21(23)26/h1-8,11-12H,9-10,13-15H2. The number of nitrogens with zero attached hydrogens (tertiary/aromatic N) is 1. The zero-order chi connectivity index (χ0) is 22.7. The minimum absolute atomic E-state index is 0.00711. The molecule has 3 aromatic carbocycles. The number of fused-ring (bicyclic) bond motifs is 1. The van der Waals surface area contributed by atoms with Crippen LogP contribution in [-0.2, 0) is 34.5 Å². The Bertz CT molecular complexity index is 1240. The molecule has 0 aliphatic carbocycles. The third-order valence-electron chi connectivity index (χ3n) is 5.07. The predicted molar refractivity (Wildman–Crippen MR) is 116 cm³/mol. The Morgan fingerprint density at radius 1 is 1.03 bits per heavy atom. The van der Waals surface area contributed by atoms with Crippen molar-refractivity contribution in [3.05, 3.63) is 94.0 Å². The van der Waals surface area contributed by atoms with E-state index < -0.39 is 26.6 Å². The Balaban J connectivity index is 1.51. The molecule has 0 N–H and O–H groups in total. The Labute approximate surface area is 190 Å². The van der Waals surface area contributed by atoms with Gasteiger partial charge >= 0.3 is 0 Å². The second-order valence-corrected chi connectivity index (χ2v) is 9.60. The molecule has 5 nitrogen and oxygen atoms in total. The lowest BCUT2D eigenvalue weighted by atomic mass is 10.1. The van der Waals surface area contributed by atoms with Crippen molar-refractivity contribution >= 4 is 21.6 Å². The summed E-state index contributed by atoms with van der Waals surface area (Å²) in [5.41, 5.74) is 2.32. The van der Waals surface area contributed by atoms with Gasteiger partial charge in [0.05, 0.1) is 13.2 Å². The summed E-state index contributed by atoms with van der Waals surface area (Å²) in [5.74, 6) is -1.42. The zero-order valence-corrected chi connectivity index (χ0v) is 18.5. The molecule has 168 valence electrons. The number of benzene rings is 3. The van der Waals surface area contributed by atoms with Crippen LogP contribution in [0.5, 0.6) is 5.75 Å². The van der Waals surface area contributed by atoms with Crippen molar-refractivity contribution in [2.24, 2.45) is 0 Å². The number of rotatable bonds is 6. The minimum Gasteiger partial charge on any atom is -0.492 e. The first-order chi connectivity index (χ1) is 15.3. The quantitative estimate of drug-likeness (QED) is 0.503. The molecule has 0 fully saturated rings. The van der Waals surface area contributed by atoms with Crippen molar-refractivity contribution in [1.82, 2.24) is 4.31 Å². The molecule has 0 radical (unpaired) electrons.